The average molecular weight is 294 g/mol. The smallest absolute Gasteiger partial charge is 0.200 e. The molecule has 1 aliphatic rings. The summed E-state index contributed by atoms with van der Waals surface area (Å²) in [6, 6.07) is 0. The summed E-state index contributed by atoms with van der Waals surface area (Å²) < 4.78 is 66.8. The Kier molecular flexibility index (Phi) is 4.47. The van der Waals surface area contributed by atoms with Crippen LogP contribution in [-0.4, -0.2) is 19.6 Å². The lowest BCUT2D eigenvalue weighted by molar-refractivity contribution is 0.361. The summed E-state index contributed by atoms with van der Waals surface area (Å²) >= 11 is 0. The minimum absolute atomic E-state index is 0.101. The largest absolute Gasteiger partial charge is 0.366 e. The van der Waals surface area contributed by atoms with E-state index in [1.165, 1.54) is 4.90 Å². The second-order valence-electron chi connectivity index (χ2n) is 4.95. The van der Waals surface area contributed by atoms with Crippen LogP contribution in [0, 0.1) is 35.0 Å². The third-order valence-electron chi connectivity index (χ3n) is 3.60. The molecule has 1 unspecified atom stereocenters. The van der Waals surface area contributed by atoms with Gasteiger partial charge in [0.05, 0.1) is 0 Å². The highest BCUT2D eigenvalue weighted by Crippen LogP contribution is 2.33. The standard InChI is InChI=1S/C13H15F5N2/c14-8-9(15)11(17)13(12(18)10(8)16)20-5-1-2-7(6-20)3-4-19/h7H,1-6,19H2. The van der Waals surface area contributed by atoms with E-state index >= 15 is 0 Å². The molecule has 1 saturated heterocycles. The second kappa shape index (κ2) is 5.95. The van der Waals surface area contributed by atoms with Crippen LogP contribution in [0.4, 0.5) is 27.6 Å². The first-order chi connectivity index (χ1) is 9.47. The van der Waals surface area contributed by atoms with Gasteiger partial charge in [0.2, 0.25) is 5.82 Å². The monoisotopic (exact) mass is 294 g/mol. The minimum atomic E-state index is -2.13. The van der Waals surface area contributed by atoms with Gasteiger partial charge in [-0.1, -0.05) is 0 Å². The predicted octanol–water partition coefficient (Wildman–Crippen LogP) is 2.95. The van der Waals surface area contributed by atoms with Gasteiger partial charge in [0.15, 0.2) is 23.3 Å². The van der Waals surface area contributed by atoms with E-state index in [0.29, 0.717) is 19.4 Å². The number of nitrogens with two attached hydrogens (primary N) is 1. The number of hydrogen-bond donors (Lipinski definition) is 1. The third-order valence-corrected chi connectivity index (χ3v) is 3.60. The molecule has 1 heterocycles. The molecule has 1 aliphatic heterocycles. The number of benzene rings is 1. The summed E-state index contributed by atoms with van der Waals surface area (Å²) in [6.07, 6.45) is 2.12. The van der Waals surface area contributed by atoms with Crippen LogP contribution >= 0.6 is 0 Å². The molecule has 0 radical (unpaired) electrons. The van der Waals surface area contributed by atoms with Crippen molar-refractivity contribution in [3.05, 3.63) is 29.1 Å². The van der Waals surface area contributed by atoms with Gasteiger partial charge < -0.3 is 10.6 Å². The Balaban J connectivity index is 2.37. The number of halogens is 5. The molecule has 2 N–H and O–H groups in total. The molecule has 20 heavy (non-hydrogen) atoms. The van der Waals surface area contributed by atoms with Gasteiger partial charge in [-0.15, -0.1) is 0 Å². The van der Waals surface area contributed by atoms with Crippen molar-refractivity contribution < 1.29 is 22.0 Å². The first-order valence-corrected chi connectivity index (χ1v) is 6.43. The fourth-order valence-corrected chi connectivity index (χ4v) is 2.61. The zero-order valence-corrected chi connectivity index (χ0v) is 10.7. The Morgan fingerprint density at radius 3 is 2.05 bits per heavy atom. The highest BCUT2D eigenvalue weighted by atomic mass is 19.2. The average Bonchev–Trinajstić information content (AvgIpc) is 2.44. The van der Waals surface area contributed by atoms with Gasteiger partial charge in [0, 0.05) is 13.1 Å². The lowest BCUT2D eigenvalue weighted by Crippen LogP contribution is -2.37. The molecule has 2 nitrogen and oxygen atoms in total. The molecule has 0 aromatic heterocycles. The molecule has 0 amide bonds. The Bertz CT molecular complexity index is 475. The van der Waals surface area contributed by atoms with Gasteiger partial charge >= 0.3 is 0 Å². The maximum Gasteiger partial charge on any atom is 0.200 e. The molecule has 0 spiro atoms. The first-order valence-electron chi connectivity index (χ1n) is 6.43. The summed E-state index contributed by atoms with van der Waals surface area (Å²) in [7, 11) is 0. The number of anilines is 1. The third kappa shape index (κ3) is 2.59. The SMILES string of the molecule is NCCC1CCCN(c2c(F)c(F)c(F)c(F)c2F)C1. The van der Waals surface area contributed by atoms with Crippen LogP contribution < -0.4 is 10.6 Å². The Morgan fingerprint density at radius 2 is 1.50 bits per heavy atom. The van der Waals surface area contributed by atoms with Gasteiger partial charge in [-0.25, -0.2) is 22.0 Å². The fraction of sp³-hybridized carbons (Fsp3) is 0.538. The Hall–Kier alpha value is -1.37. The molecule has 1 atom stereocenters. The minimum Gasteiger partial charge on any atom is -0.366 e. The van der Waals surface area contributed by atoms with Crippen molar-refractivity contribution in [2.75, 3.05) is 24.5 Å². The van der Waals surface area contributed by atoms with E-state index < -0.39 is 34.8 Å². The van der Waals surface area contributed by atoms with E-state index in [-0.39, 0.29) is 19.0 Å². The molecular weight excluding hydrogens is 279 g/mol. The summed E-state index contributed by atoms with van der Waals surface area (Å²) in [6.45, 7) is 0.935. The molecule has 1 aromatic carbocycles. The normalized spacial score (nSPS) is 19.5. The van der Waals surface area contributed by atoms with Crippen molar-refractivity contribution in [2.24, 2.45) is 11.7 Å². The van der Waals surface area contributed by atoms with Crippen LogP contribution in [-0.2, 0) is 0 Å². The lowest BCUT2D eigenvalue weighted by atomic mass is 9.94. The summed E-state index contributed by atoms with van der Waals surface area (Å²) in [5, 5.41) is 0. The number of hydrogen-bond acceptors (Lipinski definition) is 2. The van der Waals surface area contributed by atoms with Crippen LogP contribution in [0.2, 0.25) is 0 Å². The van der Waals surface area contributed by atoms with Crippen LogP contribution in [0.1, 0.15) is 19.3 Å². The molecule has 112 valence electrons. The summed E-state index contributed by atoms with van der Waals surface area (Å²) in [5.74, 6) is -9.37. The first kappa shape index (κ1) is 15.0. The summed E-state index contributed by atoms with van der Waals surface area (Å²) in [5.41, 5.74) is 4.60. The summed E-state index contributed by atoms with van der Waals surface area (Å²) in [4.78, 5) is 1.22. The van der Waals surface area contributed by atoms with Gasteiger partial charge in [-0.2, -0.15) is 0 Å². The molecule has 1 aromatic rings. The molecule has 7 heteroatoms. The number of rotatable bonds is 3. The van der Waals surface area contributed by atoms with E-state index in [0.717, 1.165) is 6.42 Å². The zero-order chi connectivity index (χ0) is 14.9. The van der Waals surface area contributed by atoms with Crippen LogP contribution in [0.15, 0.2) is 0 Å². The van der Waals surface area contributed by atoms with Crippen molar-refractivity contribution in [3.63, 3.8) is 0 Å². The van der Waals surface area contributed by atoms with Crippen molar-refractivity contribution >= 4 is 5.69 Å². The maximum atomic E-state index is 13.7. The molecule has 0 aliphatic carbocycles. The molecule has 2 rings (SSSR count). The van der Waals surface area contributed by atoms with Crippen LogP contribution in [0.5, 0.6) is 0 Å². The molecule has 1 fully saturated rings. The Morgan fingerprint density at radius 1 is 0.950 bits per heavy atom. The van der Waals surface area contributed by atoms with Crippen molar-refractivity contribution in [1.29, 1.82) is 0 Å². The number of nitrogens with zero attached hydrogens (tertiary/aromatic N) is 1. The van der Waals surface area contributed by atoms with Crippen molar-refractivity contribution in [1.82, 2.24) is 0 Å². The Labute approximate surface area is 113 Å². The molecule has 0 bridgehead atoms. The predicted molar refractivity (Wildman–Crippen MR) is 64.8 cm³/mol. The van der Waals surface area contributed by atoms with Crippen molar-refractivity contribution in [2.45, 2.75) is 19.3 Å². The second-order valence-corrected chi connectivity index (χ2v) is 4.95. The highest BCUT2D eigenvalue weighted by molar-refractivity contribution is 5.51. The van der Waals surface area contributed by atoms with Gasteiger partial charge in [-0.3, -0.25) is 0 Å². The molecule has 0 saturated carbocycles. The van der Waals surface area contributed by atoms with Gasteiger partial charge in [0.25, 0.3) is 0 Å². The van der Waals surface area contributed by atoms with E-state index in [9.17, 15) is 22.0 Å². The van der Waals surface area contributed by atoms with E-state index in [4.69, 9.17) is 5.73 Å². The van der Waals surface area contributed by atoms with Gasteiger partial charge in [0.1, 0.15) is 5.69 Å². The maximum absolute atomic E-state index is 13.7. The van der Waals surface area contributed by atoms with Crippen LogP contribution in [0.25, 0.3) is 0 Å². The lowest BCUT2D eigenvalue weighted by Gasteiger charge is -2.34. The molecular formula is C13H15F5N2. The topological polar surface area (TPSA) is 29.3 Å². The highest BCUT2D eigenvalue weighted by Gasteiger charge is 2.31. The van der Waals surface area contributed by atoms with Gasteiger partial charge in [-0.05, 0) is 31.7 Å². The van der Waals surface area contributed by atoms with E-state index in [1.807, 2.05) is 0 Å². The fourth-order valence-electron chi connectivity index (χ4n) is 2.61. The van der Waals surface area contributed by atoms with E-state index in [2.05, 4.69) is 0 Å². The van der Waals surface area contributed by atoms with Crippen molar-refractivity contribution in [3.8, 4) is 0 Å². The van der Waals surface area contributed by atoms with E-state index in [1.54, 1.807) is 0 Å². The quantitative estimate of drug-likeness (QED) is 0.527. The zero-order valence-electron chi connectivity index (χ0n) is 10.7. The van der Waals surface area contributed by atoms with Crippen LogP contribution in [0.3, 0.4) is 0 Å². The number of piperidine rings is 1.